The van der Waals surface area contributed by atoms with E-state index >= 15 is 0 Å². The average Bonchev–Trinajstić information content (AvgIpc) is 2.75. The minimum absolute atomic E-state index is 0. The summed E-state index contributed by atoms with van der Waals surface area (Å²) in [6.45, 7) is 8.55. The number of halogens is 1. The summed E-state index contributed by atoms with van der Waals surface area (Å²) in [6.07, 6.45) is 0. The van der Waals surface area contributed by atoms with E-state index in [-0.39, 0.29) is 29.4 Å². The summed E-state index contributed by atoms with van der Waals surface area (Å²) < 4.78 is 16.0. The zero-order valence-corrected chi connectivity index (χ0v) is 21.1. The van der Waals surface area contributed by atoms with Crippen LogP contribution in [0.2, 0.25) is 0 Å². The molecule has 0 saturated heterocycles. The van der Waals surface area contributed by atoms with Gasteiger partial charge in [0.05, 0.1) is 27.9 Å². The number of guanidine groups is 1. The predicted octanol–water partition coefficient (Wildman–Crippen LogP) is 4.36. The standard InChI is InChI=1S/C23H33N3O3.HI/c1-7-24-22(25-15-17-8-11-19(27-4)12-9-17)26-16-23(2,3)18-10-13-20(28-5)21(14-18)29-6;/h8-14H,7,15-16H2,1-6H3,(H2,24,25,26);1H. The molecule has 0 aliphatic carbocycles. The van der Waals surface area contributed by atoms with Crippen molar-refractivity contribution in [2.45, 2.75) is 32.7 Å². The van der Waals surface area contributed by atoms with Crippen LogP contribution in [0.15, 0.2) is 47.5 Å². The molecule has 2 rings (SSSR count). The lowest BCUT2D eigenvalue weighted by Crippen LogP contribution is -2.43. The Hall–Kier alpha value is -2.16. The zero-order chi connectivity index (χ0) is 21.3. The second-order valence-corrected chi connectivity index (χ2v) is 7.35. The number of rotatable bonds is 9. The predicted molar refractivity (Wildman–Crippen MR) is 134 cm³/mol. The molecule has 0 atom stereocenters. The van der Waals surface area contributed by atoms with Crippen molar-refractivity contribution in [2.24, 2.45) is 4.99 Å². The molecule has 0 radical (unpaired) electrons. The molecular formula is C23H34IN3O3. The first kappa shape index (κ1) is 25.9. The first-order valence-corrected chi connectivity index (χ1v) is 9.81. The SMILES string of the molecule is CCNC(=NCc1ccc(OC)cc1)NCC(C)(C)c1ccc(OC)c(OC)c1.I. The second-order valence-electron chi connectivity index (χ2n) is 7.35. The van der Waals surface area contributed by atoms with Crippen LogP contribution in [0.3, 0.4) is 0 Å². The normalized spacial score (nSPS) is 11.3. The number of benzene rings is 2. The molecule has 0 unspecified atom stereocenters. The minimum atomic E-state index is -0.129. The van der Waals surface area contributed by atoms with E-state index in [1.54, 1.807) is 21.3 Å². The molecular weight excluding hydrogens is 493 g/mol. The van der Waals surface area contributed by atoms with Crippen molar-refractivity contribution in [3.05, 3.63) is 53.6 Å². The van der Waals surface area contributed by atoms with Crippen LogP contribution in [0.5, 0.6) is 17.2 Å². The van der Waals surface area contributed by atoms with Gasteiger partial charge in [-0.1, -0.05) is 32.0 Å². The van der Waals surface area contributed by atoms with Crippen molar-refractivity contribution >= 4 is 29.9 Å². The Morgan fingerprint density at radius 1 is 0.900 bits per heavy atom. The Labute approximate surface area is 197 Å². The Balaban J connectivity index is 0.00000450. The molecule has 2 N–H and O–H groups in total. The van der Waals surface area contributed by atoms with E-state index in [1.165, 1.54) is 0 Å². The Kier molecular flexibility index (Phi) is 10.8. The number of ether oxygens (including phenoxy) is 3. The molecule has 0 aliphatic heterocycles. The molecule has 0 spiro atoms. The third kappa shape index (κ3) is 7.27. The van der Waals surface area contributed by atoms with Crippen LogP contribution in [0.1, 0.15) is 31.9 Å². The van der Waals surface area contributed by atoms with Gasteiger partial charge in [0, 0.05) is 18.5 Å². The third-order valence-corrected chi connectivity index (χ3v) is 4.79. The fourth-order valence-electron chi connectivity index (χ4n) is 2.91. The van der Waals surface area contributed by atoms with Gasteiger partial charge in [-0.2, -0.15) is 0 Å². The van der Waals surface area contributed by atoms with Crippen molar-refractivity contribution in [1.29, 1.82) is 0 Å². The molecule has 0 amide bonds. The van der Waals surface area contributed by atoms with E-state index < -0.39 is 0 Å². The number of nitrogens with one attached hydrogen (secondary N) is 2. The van der Waals surface area contributed by atoms with Crippen LogP contribution in [0.25, 0.3) is 0 Å². The van der Waals surface area contributed by atoms with Crippen LogP contribution < -0.4 is 24.8 Å². The van der Waals surface area contributed by atoms with E-state index in [9.17, 15) is 0 Å². The zero-order valence-electron chi connectivity index (χ0n) is 18.7. The number of methoxy groups -OCH3 is 3. The van der Waals surface area contributed by atoms with Gasteiger partial charge < -0.3 is 24.8 Å². The molecule has 0 fully saturated rings. The van der Waals surface area contributed by atoms with Crippen LogP contribution in [-0.2, 0) is 12.0 Å². The fourth-order valence-corrected chi connectivity index (χ4v) is 2.91. The van der Waals surface area contributed by atoms with Gasteiger partial charge in [0.2, 0.25) is 0 Å². The van der Waals surface area contributed by atoms with Crippen molar-refractivity contribution in [1.82, 2.24) is 10.6 Å². The van der Waals surface area contributed by atoms with Gasteiger partial charge in [0.25, 0.3) is 0 Å². The van der Waals surface area contributed by atoms with Gasteiger partial charge in [-0.25, -0.2) is 4.99 Å². The van der Waals surface area contributed by atoms with Gasteiger partial charge in [-0.15, -0.1) is 24.0 Å². The van der Waals surface area contributed by atoms with Crippen molar-refractivity contribution in [3.8, 4) is 17.2 Å². The Bertz CT molecular complexity index is 808. The maximum absolute atomic E-state index is 5.45. The van der Waals surface area contributed by atoms with E-state index in [4.69, 9.17) is 19.2 Å². The van der Waals surface area contributed by atoms with Crippen LogP contribution in [0, 0.1) is 0 Å². The van der Waals surface area contributed by atoms with Gasteiger partial charge in [-0.3, -0.25) is 0 Å². The molecule has 0 saturated carbocycles. The number of hydrogen-bond donors (Lipinski definition) is 2. The molecule has 6 nitrogen and oxygen atoms in total. The second kappa shape index (κ2) is 12.5. The lowest BCUT2D eigenvalue weighted by Gasteiger charge is -2.27. The molecule has 0 aliphatic rings. The Morgan fingerprint density at radius 3 is 2.13 bits per heavy atom. The van der Waals surface area contributed by atoms with Crippen LogP contribution in [-0.4, -0.2) is 40.4 Å². The molecule has 166 valence electrons. The highest BCUT2D eigenvalue weighted by Gasteiger charge is 2.22. The lowest BCUT2D eigenvalue weighted by atomic mass is 9.84. The summed E-state index contributed by atoms with van der Waals surface area (Å²) in [7, 11) is 4.97. The van der Waals surface area contributed by atoms with E-state index in [0.717, 1.165) is 47.4 Å². The van der Waals surface area contributed by atoms with Crippen molar-refractivity contribution < 1.29 is 14.2 Å². The summed E-state index contributed by atoms with van der Waals surface area (Å²) in [5.74, 6) is 3.10. The first-order valence-electron chi connectivity index (χ1n) is 9.81. The van der Waals surface area contributed by atoms with Crippen molar-refractivity contribution in [2.75, 3.05) is 34.4 Å². The highest BCUT2D eigenvalue weighted by molar-refractivity contribution is 14.0. The van der Waals surface area contributed by atoms with Gasteiger partial charge in [0.1, 0.15) is 5.75 Å². The summed E-state index contributed by atoms with van der Waals surface area (Å²) in [5, 5.41) is 6.77. The molecule has 7 heteroatoms. The molecule has 0 aromatic heterocycles. The fraction of sp³-hybridized carbons (Fsp3) is 0.435. The van der Waals surface area contributed by atoms with E-state index in [2.05, 4.69) is 37.5 Å². The number of nitrogens with zero attached hydrogens (tertiary/aromatic N) is 1. The molecule has 2 aromatic carbocycles. The summed E-state index contributed by atoms with van der Waals surface area (Å²) >= 11 is 0. The Morgan fingerprint density at radius 2 is 1.57 bits per heavy atom. The maximum Gasteiger partial charge on any atom is 0.191 e. The lowest BCUT2D eigenvalue weighted by molar-refractivity contribution is 0.353. The summed E-state index contributed by atoms with van der Waals surface area (Å²) in [4.78, 5) is 4.71. The smallest absolute Gasteiger partial charge is 0.191 e. The molecule has 30 heavy (non-hydrogen) atoms. The highest BCUT2D eigenvalue weighted by Crippen LogP contribution is 2.32. The van der Waals surface area contributed by atoms with Gasteiger partial charge in [0.15, 0.2) is 17.5 Å². The van der Waals surface area contributed by atoms with Crippen molar-refractivity contribution in [3.63, 3.8) is 0 Å². The van der Waals surface area contributed by atoms with E-state index in [0.29, 0.717) is 6.54 Å². The average molecular weight is 527 g/mol. The highest BCUT2D eigenvalue weighted by atomic mass is 127. The quantitative estimate of drug-likeness (QED) is 0.288. The molecule has 0 bridgehead atoms. The first-order chi connectivity index (χ1) is 13.9. The van der Waals surface area contributed by atoms with Gasteiger partial charge in [-0.05, 0) is 42.3 Å². The third-order valence-electron chi connectivity index (χ3n) is 4.79. The monoisotopic (exact) mass is 527 g/mol. The topological polar surface area (TPSA) is 64.1 Å². The summed E-state index contributed by atoms with van der Waals surface area (Å²) in [6, 6.07) is 14.0. The maximum atomic E-state index is 5.45. The van der Waals surface area contributed by atoms with E-state index in [1.807, 2.05) is 36.4 Å². The number of aliphatic imine (C=N–C) groups is 1. The van der Waals surface area contributed by atoms with Crippen LogP contribution in [0.4, 0.5) is 0 Å². The molecule has 0 heterocycles. The van der Waals surface area contributed by atoms with Crippen LogP contribution >= 0.6 is 24.0 Å². The summed E-state index contributed by atoms with van der Waals surface area (Å²) in [5.41, 5.74) is 2.16. The minimum Gasteiger partial charge on any atom is -0.497 e. The van der Waals surface area contributed by atoms with Gasteiger partial charge >= 0.3 is 0 Å². The molecule has 2 aromatic rings. The largest absolute Gasteiger partial charge is 0.497 e. The number of hydrogen-bond acceptors (Lipinski definition) is 4.